The molecule has 2 N–H and O–H groups in total. The van der Waals surface area contributed by atoms with E-state index in [0.29, 0.717) is 20.3 Å². The van der Waals surface area contributed by atoms with Gasteiger partial charge in [0.1, 0.15) is 0 Å². The molecule has 0 unspecified atom stereocenters. The molecule has 0 bridgehead atoms. The summed E-state index contributed by atoms with van der Waals surface area (Å²) in [6.45, 7) is 0. The zero-order chi connectivity index (χ0) is 11.7. The molecule has 1 aromatic heterocycles. The maximum Gasteiger partial charge on any atom is 0.152 e. The van der Waals surface area contributed by atoms with Crippen molar-refractivity contribution in [2.75, 3.05) is 5.73 Å². The lowest BCUT2D eigenvalue weighted by atomic mass is 10.1. The molecule has 0 aliphatic carbocycles. The molecule has 0 aliphatic heterocycles. The highest BCUT2D eigenvalue weighted by Gasteiger charge is 2.10. The Balaban J connectivity index is 2.63. The molecule has 0 atom stereocenters. The first-order valence-corrected chi connectivity index (χ1v) is 5.86. The zero-order valence-electron chi connectivity index (χ0n) is 7.92. The number of anilines is 1. The molecule has 1 heterocycles. The summed E-state index contributed by atoms with van der Waals surface area (Å²) >= 11 is 15.1. The quantitative estimate of drug-likeness (QED) is 0.870. The fourth-order valence-electron chi connectivity index (χ4n) is 1.29. The Morgan fingerprint density at radius 3 is 2.62 bits per heavy atom. The van der Waals surface area contributed by atoms with Crippen LogP contribution in [0.15, 0.2) is 29.0 Å². The number of rotatable bonds is 1. The van der Waals surface area contributed by atoms with Crippen molar-refractivity contribution in [2.45, 2.75) is 0 Å². The molecule has 2 rings (SSSR count). The van der Waals surface area contributed by atoms with Crippen molar-refractivity contribution >= 4 is 44.8 Å². The first kappa shape index (κ1) is 11.6. The molecule has 6 heteroatoms. The van der Waals surface area contributed by atoms with Gasteiger partial charge in [0.15, 0.2) is 4.60 Å². The number of nitrogen functional groups attached to an aromatic ring is 1. The van der Waals surface area contributed by atoms with E-state index in [0.717, 1.165) is 11.1 Å². The minimum Gasteiger partial charge on any atom is -0.396 e. The third-order valence-corrected chi connectivity index (χ3v) is 3.20. The molecular formula is C10H6BrCl2N3. The topological polar surface area (TPSA) is 51.8 Å². The van der Waals surface area contributed by atoms with E-state index in [4.69, 9.17) is 28.9 Å². The Bertz CT molecular complexity index is 546. The second-order valence-corrected chi connectivity index (χ2v) is 4.68. The summed E-state index contributed by atoms with van der Waals surface area (Å²) in [5, 5.41) is 8.71. The highest BCUT2D eigenvalue weighted by Crippen LogP contribution is 2.35. The lowest BCUT2D eigenvalue weighted by Crippen LogP contribution is -1.96. The summed E-state index contributed by atoms with van der Waals surface area (Å²) in [5.41, 5.74) is 7.88. The van der Waals surface area contributed by atoms with Gasteiger partial charge in [0, 0.05) is 16.1 Å². The monoisotopic (exact) mass is 317 g/mol. The number of benzene rings is 1. The Labute approximate surface area is 111 Å². The van der Waals surface area contributed by atoms with E-state index in [-0.39, 0.29) is 0 Å². The van der Waals surface area contributed by atoms with Crippen LogP contribution >= 0.6 is 39.1 Å². The van der Waals surface area contributed by atoms with Gasteiger partial charge >= 0.3 is 0 Å². The van der Waals surface area contributed by atoms with E-state index < -0.39 is 0 Å². The van der Waals surface area contributed by atoms with Crippen molar-refractivity contribution in [1.29, 1.82) is 0 Å². The van der Waals surface area contributed by atoms with Gasteiger partial charge in [-0.2, -0.15) is 5.10 Å². The standard InChI is InChI=1S/C10H6BrCl2N3/c11-10-9(14)7(4-15-16-10)6-2-1-5(12)3-8(6)13/h1-4H,(H2,14,15). The van der Waals surface area contributed by atoms with Gasteiger partial charge in [0.05, 0.1) is 16.9 Å². The number of halogens is 3. The number of nitrogens with zero attached hydrogens (tertiary/aromatic N) is 2. The number of nitrogens with two attached hydrogens (primary N) is 1. The normalized spacial score (nSPS) is 10.4. The summed E-state index contributed by atoms with van der Waals surface area (Å²) in [5.74, 6) is 0. The molecule has 0 aliphatic rings. The van der Waals surface area contributed by atoms with Gasteiger partial charge in [-0.05, 0) is 28.1 Å². The number of aromatic nitrogens is 2. The molecule has 0 spiro atoms. The van der Waals surface area contributed by atoms with Gasteiger partial charge in [-0.3, -0.25) is 0 Å². The molecule has 16 heavy (non-hydrogen) atoms. The van der Waals surface area contributed by atoms with Gasteiger partial charge in [-0.15, -0.1) is 5.10 Å². The zero-order valence-corrected chi connectivity index (χ0v) is 11.0. The SMILES string of the molecule is Nc1c(-c2ccc(Cl)cc2Cl)cnnc1Br. The highest BCUT2D eigenvalue weighted by molar-refractivity contribution is 9.10. The van der Waals surface area contributed by atoms with Crippen LogP contribution in [0.5, 0.6) is 0 Å². The molecule has 0 saturated carbocycles. The molecule has 3 nitrogen and oxygen atoms in total. The van der Waals surface area contributed by atoms with E-state index in [9.17, 15) is 0 Å². The highest BCUT2D eigenvalue weighted by atomic mass is 79.9. The minimum atomic E-state index is 0.496. The van der Waals surface area contributed by atoms with Crippen molar-refractivity contribution in [2.24, 2.45) is 0 Å². The molecule has 0 amide bonds. The van der Waals surface area contributed by atoms with E-state index >= 15 is 0 Å². The van der Waals surface area contributed by atoms with Crippen LogP contribution in [0.4, 0.5) is 5.69 Å². The first-order valence-electron chi connectivity index (χ1n) is 4.31. The summed E-state index contributed by atoms with van der Waals surface area (Å²) < 4.78 is 0.496. The average molecular weight is 319 g/mol. The number of hydrogen-bond acceptors (Lipinski definition) is 3. The molecule has 82 valence electrons. The van der Waals surface area contributed by atoms with Crippen LogP contribution in [-0.4, -0.2) is 10.2 Å². The van der Waals surface area contributed by atoms with Gasteiger partial charge < -0.3 is 5.73 Å². The summed E-state index contributed by atoms with van der Waals surface area (Å²) in [6.07, 6.45) is 1.56. The van der Waals surface area contributed by atoms with Crippen LogP contribution in [-0.2, 0) is 0 Å². The van der Waals surface area contributed by atoms with E-state index in [1.54, 1.807) is 24.4 Å². The van der Waals surface area contributed by atoms with Crippen LogP contribution < -0.4 is 5.73 Å². The molecule has 2 aromatic rings. The Morgan fingerprint density at radius 2 is 1.94 bits per heavy atom. The maximum absolute atomic E-state index is 6.08. The van der Waals surface area contributed by atoms with Crippen LogP contribution in [0.2, 0.25) is 10.0 Å². The summed E-state index contributed by atoms with van der Waals surface area (Å²) in [4.78, 5) is 0. The van der Waals surface area contributed by atoms with Crippen LogP contribution in [0.3, 0.4) is 0 Å². The Hall–Kier alpha value is -0.840. The molecule has 0 saturated heterocycles. The van der Waals surface area contributed by atoms with Crippen molar-refractivity contribution in [3.05, 3.63) is 39.0 Å². The van der Waals surface area contributed by atoms with Crippen molar-refractivity contribution < 1.29 is 0 Å². The molecule has 1 aromatic carbocycles. The fraction of sp³-hybridized carbons (Fsp3) is 0. The summed E-state index contributed by atoms with van der Waals surface area (Å²) in [6, 6.07) is 5.20. The van der Waals surface area contributed by atoms with E-state index in [1.165, 1.54) is 0 Å². The third-order valence-electron chi connectivity index (χ3n) is 2.07. The van der Waals surface area contributed by atoms with Crippen LogP contribution in [0.1, 0.15) is 0 Å². The average Bonchev–Trinajstić information content (AvgIpc) is 2.23. The Morgan fingerprint density at radius 1 is 1.19 bits per heavy atom. The third kappa shape index (κ3) is 2.14. The Kier molecular flexibility index (Phi) is 3.33. The predicted octanol–water partition coefficient (Wildman–Crippen LogP) is 3.80. The molecular weight excluding hydrogens is 313 g/mol. The maximum atomic E-state index is 6.08. The molecule has 0 radical (unpaired) electrons. The van der Waals surface area contributed by atoms with Gasteiger partial charge in [-0.25, -0.2) is 0 Å². The lowest BCUT2D eigenvalue weighted by Gasteiger charge is -2.07. The van der Waals surface area contributed by atoms with E-state index in [1.807, 2.05) is 0 Å². The van der Waals surface area contributed by atoms with Crippen molar-refractivity contribution in [3.8, 4) is 11.1 Å². The number of hydrogen-bond donors (Lipinski definition) is 1. The minimum absolute atomic E-state index is 0.496. The van der Waals surface area contributed by atoms with Crippen LogP contribution in [0.25, 0.3) is 11.1 Å². The van der Waals surface area contributed by atoms with Crippen molar-refractivity contribution in [1.82, 2.24) is 10.2 Å². The lowest BCUT2D eigenvalue weighted by molar-refractivity contribution is 1.01. The largest absolute Gasteiger partial charge is 0.396 e. The van der Waals surface area contributed by atoms with Gasteiger partial charge in [-0.1, -0.05) is 29.3 Å². The van der Waals surface area contributed by atoms with Gasteiger partial charge in [0.2, 0.25) is 0 Å². The second kappa shape index (κ2) is 4.57. The van der Waals surface area contributed by atoms with E-state index in [2.05, 4.69) is 26.1 Å². The summed E-state index contributed by atoms with van der Waals surface area (Å²) in [7, 11) is 0. The first-order chi connectivity index (χ1) is 7.59. The fourth-order valence-corrected chi connectivity index (χ4v) is 2.11. The van der Waals surface area contributed by atoms with Gasteiger partial charge in [0.25, 0.3) is 0 Å². The van der Waals surface area contributed by atoms with Crippen LogP contribution in [0, 0.1) is 0 Å². The predicted molar refractivity (Wildman–Crippen MR) is 69.6 cm³/mol. The van der Waals surface area contributed by atoms with Crippen molar-refractivity contribution in [3.63, 3.8) is 0 Å². The smallest absolute Gasteiger partial charge is 0.152 e. The second-order valence-electron chi connectivity index (χ2n) is 3.09. The molecule has 0 fully saturated rings.